The number of carbonyl (C=O) groups excluding carboxylic acids is 2. The first-order valence-electron chi connectivity index (χ1n) is 6.02. The van der Waals surface area contributed by atoms with Gasteiger partial charge in [-0.15, -0.1) is 0 Å². The molecule has 0 amide bonds. The summed E-state index contributed by atoms with van der Waals surface area (Å²) in [4.78, 5) is 24.1. The third kappa shape index (κ3) is 1.66. The van der Waals surface area contributed by atoms with Crippen molar-refractivity contribution in [2.24, 2.45) is 0 Å². The maximum absolute atomic E-state index is 12.1. The van der Waals surface area contributed by atoms with Crippen molar-refractivity contribution in [2.45, 2.75) is 12.8 Å². The largest absolute Gasteiger partial charge is 0.294 e. The van der Waals surface area contributed by atoms with Gasteiger partial charge < -0.3 is 0 Å². The number of benzene rings is 2. The van der Waals surface area contributed by atoms with Crippen LogP contribution in [0.2, 0.25) is 0 Å². The van der Waals surface area contributed by atoms with Crippen molar-refractivity contribution in [1.29, 1.82) is 0 Å². The van der Waals surface area contributed by atoms with E-state index in [0.717, 1.165) is 22.3 Å². The average molecular weight is 236 g/mol. The van der Waals surface area contributed by atoms with Crippen molar-refractivity contribution in [3.05, 3.63) is 59.7 Å². The van der Waals surface area contributed by atoms with Crippen LogP contribution in [0, 0.1) is 0 Å². The molecule has 2 aromatic carbocycles. The Morgan fingerprint density at radius 1 is 0.556 bits per heavy atom. The van der Waals surface area contributed by atoms with Gasteiger partial charge in [0.15, 0.2) is 11.6 Å². The number of rotatable bonds is 0. The fourth-order valence-corrected chi connectivity index (χ4v) is 2.42. The molecule has 0 saturated heterocycles. The topological polar surface area (TPSA) is 34.1 Å². The first-order chi connectivity index (χ1) is 8.77. The molecule has 2 heteroatoms. The summed E-state index contributed by atoms with van der Waals surface area (Å²) in [7, 11) is 0. The Hall–Kier alpha value is -2.22. The minimum Gasteiger partial charge on any atom is -0.294 e. The van der Waals surface area contributed by atoms with Crippen LogP contribution < -0.4 is 0 Å². The molecule has 2 aromatic rings. The Morgan fingerprint density at radius 2 is 0.889 bits per heavy atom. The van der Waals surface area contributed by atoms with Crippen molar-refractivity contribution in [3.8, 4) is 11.1 Å². The van der Waals surface area contributed by atoms with E-state index in [1.807, 2.05) is 48.5 Å². The van der Waals surface area contributed by atoms with Gasteiger partial charge in [0.05, 0.1) is 0 Å². The van der Waals surface area contributed by atoms with Crippen LogP contribution in [0.5, 0.6) is 0 Å². The van der Waals surface area contributed by atoms with E-state index in [1.165, 1.54) is 0 Å². The molecule has 0 bridgehead atoms. The molecule has 0 atom stereocenters. The monoisotopic (exact) mass is 236 g/mol. The quantitative estimate of drug-likeness (QED) is 0.701. The van der Waals surface area contributed by atoms with Gasteiger partial charge in [0, 0.05) is 24.0 Å². The van der Waals surface area contributed by atoms with E-state index >= 15 is 0 Å². The lowest BCUT2D eigenvalue weighted by Crippen LogP contribution is -2.11. The predicted octanol–water partition coefficient (Wildman–Crippen LogP) is 3.51. The summed E-state index contributed by atoms with van der Waals surface area (Å²) in [5.41, 5.74) is 3.17. The van der Waals surface area contributed by atoms with Crippen molar-refractivity contribution in [1.82, 2.24) is 0 Å². The molecule has 2 nitrogen and oxygen atoms in total. The molecule has 0 aliphatic heterocycles. The van der Waals surface area contributed by atoms with Crippen molar-refractivity contribution < 1.29 is 9.59 Å². The Labute approximate surface area is 105 Å². The minimum atomic E-state index is 0.0495. The molecule has 88 valence electrons. The highest BCUT2D eigenvalue weighted by Crippen LogP contribution is 2.31. The van der Waals surface area contributed by atoms with E-state index in [1.54, 1.807) is 0 Å². The fourth-order valence-electron chi connectivity index (χ4n) is 2.42. The Balaban J connectivity index is 2.33. The Morgan fingerprint density at radius 3 is 1.28 bits per heavy atom. The highest BCUT2D eigenvalue weighted by molar-refractivity contribution is 6.11. The number of carbonyl (C=O) groups is 2. The summed E-state index contributed by atoms with van der Waals surface area (Å²) in [6.45, 7) is 0. The third-order valence-electron chi connectivity index (χ3n) is 3.32. The summed E-state index contributed by atoms with van der Waals surface area (Å²) in [5, 5.41) is 0. The normalized spacial score (nSPS) is 14.4. The van der Waals surface area contributed by atoms with Crippen LogP contribution in [-0.2, 0) is 0 Å². The van der Waals surface area contributed by atoms with Crippen LogP contribution in [0.4, 0.5) is 0 Å². The van der Waals surface area contributed by atoms with Crippen LogP contribution >= 0.6 is 0 Å². The number of fused-ring (bicyclic) bond motifs is 3. The van der Waals surface area contributed by atoms with Gasteiger partial charge in [0.25, 0.3) is 0 Å². The molecule has 0 spiro atoms. The van der Waals surface area contributed by atoms with Gasteiger partial charge in [-0.1, -0.05) is 48.5 Å². The van der Waals surface area contributed by atoms with Crippen molar-refractivity contribution in [2.75, 3.05) is 0 Å². The number of Topliss-reactive ketones (excluding diaryl/α,β-unsaturated/α-hetero) is 2. The molecule has 3 rings (SSSR count). The second kappa shape index (κ2) is 4.22. The van der Waals surface area contributed by atoms with Gasteiger partial charge >= 0.3 is 0 Å². The standard InChI is InChI=1S/C16H12O2/c17-15-9-10-16(18)14-8-4-2-6-12(14)11-5-1-3-7-13(11)15/h1-8H,9-10H2. The van der Waals surface area contributed by atoms with E-state index in [-0.39, 0.29) is 11.6 Å². The van der Waals surface area contributed by atoms with Crippen molar-refractivity contribution in [3.63, 3.8) is 0 Å². The molecule has 0 radical (unpaired) electrons. The lowest BCUT2D eigenvalue weighted by Gasteiger charge is -2.15. The molecule has 0 saturated carbocycles. The Kier molecular flexibility index (Phi) is 2.56. The molecule has 1 aliphatic rings. The van der Waals surface area contributed by atoms with E-state index in [4.69, 9.17) is 0 Å². The van der Waals surface area contributed by atoms with Crippen LogP contribution in [-0.4, -0.2) is 11.6 Å². The average Bonchev–Trinajstić information content (AvgIpc) is 2.43. The second-order valence-electron chi connectivity index (χ2n) is 4.44. The van der Waals surface area contributed by atoms with Gasteiger partial charge in [0.2, 0.25) is 0 Å². The molecule has 1 aliphatic carbocycles. The molecule has 0 unspecified atom stereocenters. The van der Waals surface area contributed by atoms with E-state index in [9.17, 15) is 9.59 Å². The highest BCUT2D eigenvalue weighted by atomic mass is 16.1. The van der Waals surface area contributed by atoms with Crippen LogP contribution in [0.25, 0.3) is 11.1 Å². The summed E-state index contributed by atoms with van der Waals surface area (Å²) in [6, 6.07) is 15.0. The summed E-state index contributed by atoms with van der Waals surface area (Å²) < 4.78 is 0. The molecular weight excluding hydrogens is 224 g/mol. The zero-order chi connectivity index (χ0) is 12.5. The van der Waals surface area contributed by atoms with Crippen molar-refractivity contribution >= 4 is 11.6 Å². The zero-order valence-corrected chi connectivity index (χ0v) is 9.85. The first kappa shape index (κ1) is 10.9. The molecule has 0 fully saturated rings. The molecule has 0 heterocycles. The SMILES string of the molecule is O=C1CCC(=O)c2ccccc2-c2ccccc21. The maximum atomic E-state index is 12.1. The lowest BCUT2D eigenvalue weighted by molar-refractivity contribution is 0.0916. The predicted molar refractivity (Wildman–Crippen MR) is 69.8 cm³/mol. The van der Waals surface area contributed by atoms with Gasteiger partial charge in [0.1, 0.15) is 0 Å². The van der Waals surface area contributed by atoms with Crippen LogP contribution in [0.15, 0.2) is 48.5 Å². The lowest BCUT2D eigenvalue weighted by atomic mass is 9.87. The second-order valence-corrected chi connectivity index (χ2v) is 4.44. The van der Waals surface area contributed by atoms with Gasteiger partial charge in [-0.05, 0) is 11.1 Å². The van der Waals surface area contributed by atoms with Gasteiger partial charge in [-0.25, -0.2) is 0 Å². The molecule has 18 heavy (non-hydrogen) atoms. The van der Waals surface area contributed by atoms with Crippen LogP contribution in [0.1, 0.15) is 33.6 Å². The zero-order valence-electron chi connectivity index (χ0n) is 9.85. The number of hydrogen-bond donors (Lipinski definition) is 0. The summed E-state index contributed by atoms with van der Waals surface area (Å²) in [5.74, 6) is 0.0990. The molecule has 0 aromatic heterocycles. The minimum absolute atomic E-state index is 0.0495. The maximum Gasteiger partial charge on any atom is 0.163 e. The van der Waals surface area contributed by atoms with Gasteiger partial charge in [-0.3, -0.25) is 9.59 Å². The molecular formula is C16H12O2. The first-order valence-corrected chi connectivity index (χ1v) is 6.02. The fraction of sp³-hybridized carbons (Fsp3) is 0.125. The number of hydrogen-bond acceptors (Lipinski definition) is 2. The van der Waals surface area contributed by atoms with E-state index < -0.39 is 0 Å². The highest BCUT2D eigenvalue weighted by Gasteiger charge is 2.21. The number of ketones is 2. The smallest absolute Gasteiger partial charge is 0.163 e. The third-order valence-corrected chi connectivity index (χ3v) is 3.32. The molecule has 0 N–H and O–H groups in total. The van der Waals surface area contributed by atoms with E-state index in [0.29, 0.717) is 12.8 Å². The van der Waals surface area contributed by atoms with Crippen LogP contribution in [0.3, 0.4) is 0 Å². The summed E-state index contributed by atoms with van der Waals surface area (Å²) >= 11 is 0. The summed E-state index contributed by atoms with van der Waals surface area (Å²) in [6.07, 6.45) is 0.592. The van der Waals surface area contributed by atoms with Gasteiger partial charge in [-0.2, -0.15) is 0 Å². The Bertz CT molecular complexity index is 584. The van der Waals surface area contributed by atoms with E-state index in [2.05, 4.69) is 0 Å².